The van der Waals surface area contributed by atoms with Crippen LogP contribution < -0.4 is 10.1 Å². The van der Waals surface area contributed by atoms with E-state index in [4.69, 9.17) is 33.0 Å². The average Bonchev–Trinajstić information content (AvgIpc) is 2.79. The van der Waals surface area contributed by atoms with E-state index in [0.717, 1.165) is 3.57 Å². The van der Waals surface area contributed by atoms with Crippen LogP contribution >= 0.6 is 45.8 Å². The van der Waals surface area contributed by atoms with Crippen molar-refractivity contribution in [2.24, 2.45) is 0 Å². The van der Waals surface area contributed by atoms with Gasteiger partial charge in [0.2, 0.25) is 11.8 Å². The van der Waals surface area contributed by atoms with Crippen LogP contribution in [0.2, 0.25) is 10.0 Å². The largest absolute Gasteiger partial charge is 0.482 e. The van der Waals surface area contributed by atoms with Crippen molar-refractivity contribution in [1.29, 1.82) is 0 Å². The highest BCUT2D eigenvalue weighted by atomic mass is 127. The molecular formula is C24H25Cl2IN2O5. The maximum absolute atomic E-state index is 12.7. The first-order valence-corrected chi connectivity index (χ1v) is 12.4. The van der Waals surface area contributed by atoms with E-state index in [-0.39, 0.29) is 32.0 Å². The van der Waals surface area contributed by atoms with Gasteiger partial charge in [-0.15, -0.1) is 0 Å². The molecule has 3 rings (SSSR count). The molecule has 0 unspecified atom stereocenters. The Kier molecular flexibility index (Phi) is 9.61. The van der Waals surface area contributed by atoms with Gasteiger partial charge in [-0.1, -0.05) is 41.4 Å². The van der Waals surface area contributed by atoms with E-state index in [9.17, 15) is 14.7 Å². The minimum absolute atomic E-state index is 0.0856. The second kappa shape index (κ2) is 12.2. The molecular weight excluding hydrogens is 594 g/mol. The normalized spacial score (nSPS) is 19.8. The van der Waals surface area contributed by atoms with Crippen molar-refractivity contribution in [2.45, 2.75) is 38.1 Å². The van der Waals surface area contributed by atoms with E-state index in [1.54, 1.807) is 30.3 Å². The second-order valence-corrected chi connectivity index (χ2v) is 9.83. The number of carbonyl (C=O) groups excluding carboxylic acids is 2. The monoisotopic (exact) mass is 618 g/mol. The number of nitrogens with one attached hydrogen (secondary N) is 1. The molecule has 0 aromatic heterocycles. The van der Waals surface area contributed by atoms with Crippen LogP contribution in [0.5, 0.6) is 5.75 Å². The fourth-order valence-electron chi connectivity index (χ4n) is 3.76. The number of hydrogen-bond donors (Lipinski definition) is 3. The quantitative estimate of drug-likeness (QED) is 0.393. The number of nitrogens with zero attached hydrogens (tertiary/aromatic N) is 1. The van der Waals surface area contributed by atoms with Crippen molar-refractivity contribution in [1.82, 2.24) is 10.2 Å². The van der Waals surface area contributed by atoms with Gasteiger partial charge in [-0.2, -0.15) is 0 Å². The number of aliphatic hydroxyl groups excluding tert-OH is 2. The molecule has 3 N–H and O–H groups in total. The minimum Gasteiger partial charge on any atom is -0.482 e. The average molecular weight is 619 g/mol. The lowest BCUT2D eigenvalue weighted by atomic mass is 9.88. The molecule has 0 radical (unpaired) electrons. The zero-order chi connectivity index (χ0) is 24.8. The molecule has 3 atom stereocenters. The van der Waals surface area contributed by atoms with E-state index in [1.807, 2.05) is 18.2 Å². The predicted octanol–water partition coefficient (Wildman–Crippen LogP) is 3.56. The standard InChI is InChI=1S/C24H25Cl2IN2O5/c1-14(31)29(13-15-6-7-17(25)12-18(15)26)20-10-16(24(33)28-8-9-30)11-22(23(20)32)34-21-5-3-2-4-19(21)27/h2-7,11-12,20,22-23,30,32H,8-10,13H2,1H3,(H,28,33)/t20-,22+,23+/m1/s1. The van der Waals surface area contributed by atoms with Gasteiger partial charge in [0, 0.05) is 42.1 Å². The van der Waals surface area contributed by atoms with Crippen LogP contribution in [0.3, 0.4) is 0 Å². The summed E-state index contributed by atoms with van der Waals surface area (Å²) in [6.07, 6.45) is -0.313. The summed E-state index contributed by atoms with van der Waals surface area (Å²) in [4.78, 5) is 26.9. The molecule has 0 saturated carbocycles. The Balaban J connectivity index is 1.95. The molecule has 1 aliphatic carbocycles. The Morgan fingerprint density at radius 3 is 2.62 bits per heavy atom. The number of ether oxygens (including phenoxy) is 1. The van der Waals surface area contributed by atoms with E-state index in [2.05, 4.69) is 27.9 Å². The maximum Gasteiger partial charge on any atom is 0.247 e. The molecule has 0 fully saturated rings. The highest BCUT2D eigenvalue weighted by Gasteiger charge is 2.40. The predicted molar refractivity (Wildman–Crippen MR) is 139 cm³/mol. The van der Waals surface area contributed by atoms with E-state index < -0.39 is 24.2 Å². The Morgan fingerprint density at radius 2 is 1.97 bits per heavy atom. The van der Waals surface area contributed by atoms with Crippen LogP contribution in [0.25, 0.3) is 0 Å². The molecule has 182 valence electrons. The second-order valence-electron chi connectivity index (χ2n) is 7.83. The van der Waals surface area contributed by atoms with Gasteiger partial charge < -0.3 is 25.2 Å². The summed E-state index contributed by atoms with van der Waals surface area (Å²) in [5, 5.41) is 23.9. The van der Waals surface area contributed by atoms with Crippen molar-refractivity contribution >= 4 is 57.6 Å². The fraction of sp³-hybridized carbons (Fsp3) is 0.333. The summed E-state index contributed by atoms with van der Waals surface area (Å²) < 4.78 is 6.93. The van der Waals surface area contributed by atoms with Crippen molar-refractivity contribution < 1.29 is 24.5 Å². The Labute approximate surface area is 221 Å². The highest BCUT2D eigenvalue weighted by Crippen LogP contribution is 2.31. The van der Waals surface area contributed by atoms with Gasteiger partial charge in [0.1, 0.15) is 18.0 Å². The van der Waals surface area contributed by atoms with Gasteiger partial charge in [0.25, 0.3) is 0 Å². The number of aliphatic hydroxyl groups is 2. The maximum atomic E-state index is 12.7. The first-order chi connectivity index (χ1) is 16.2. The Hall–Kier alpha value is -1.85. The first-order valence-electron chi connectivity index (χ1n) is 10.6. The molecule has 34 heavy (non-hydrogen) atoms. The number of halogens is 3. The third kappa shape index (κ3) is 6.63. The van der Waals surface area contributed by atoms with Crippen molar-refractivity contribution in [3.8, 4) is 5.75 Å². The number of carbonyl (C=O) groups is 2. The van der Waals surface area contributed by atoms with Crippen LogP contribution in [-0.2, 0) is 16.1 Å². The van der Waals surface area contributed by atoms with Gasteiger partial charge >= 0.3 is 0 Å². The van der Waals surface area contributed by atoms with Crippen LogP contribution in [0.4, 0.5) is 0 Å². The molecule has 0 saturated heterocycles. The molecule has 0 heterocycles. The summed E-state index contributed by atoms with van der Waals surface area (Å²) in [7, 11) is 0. The SMILES string of the molecule is CC(=O)N(Cc1ccc(Cl)cc1Cl)[C@@H]1CC(C(=O)NCCO)=C[C@H](Oc2ccccc2I)[C@H]1O. The van der Waals surface area contributed by atoms with E-state index >= 15 is 0 Å². The molecule has 7 nitrogen and oxygen atoms in total. The van der Waals surface area contributed by atoms with Crippen molar-refractivity contribution in [3.63, 3.8) is 0 Å². The van der Waals surface area contributed by atoms with Gasteiger partial charge in [0.15, 0.2) is 0 Å². The van der Waals surface area contributed by atoms with Gasteiger partial charge in [-0.3, -0.25) is 9.59 Å². The zero-order valence-corrected chi connectivity index (χ0v) is 22.0. The van der Waals surface area contributed by atoms with Gasteiger partial charge in [-0.05, 0) is 58.5 Å². The van der Waals surface area contributed by atoms with Crippen molar-refractivity contribution in [2.75, 3.05) is 13.2 Å². The number of para-hydroxylation sites is 1. The smallest absolute Gasteiger partial charge is 0.247 e. The summed E-state index contributed by atoms with van der Waals surface area (Å²) >= 11 is 14.5. The number of hydrogen-bond acceptors (Lipinski definition) is 5. The molecule has 2 amide bonds. The molecule has 2 aromatic rings. The lowest BCUT2D eigenvalue weighted by Gasteiger charge is -2.40. The summed E-state index contributed by atoms with van der Waals surface area (Å²) in [6, 6.07) is 11.6. The van der Waals surface area contributed by atoms with E-state index in [1.165, 1.54) is 11.8 Å². The third-order valence-electron chi connectivity index (χ3n) is 5.47. The van der Waals surface area contributed by atoms with Crippen LogP contribution in [0, 0.1) is 3.57 Å². The third-order valence-corrected chi connectivity index (χ3v) is 6.95. The number of amides is 2. The summed E-state index contributed by atoms with van der Waals surface area (Å²) in [5.41, 5.74) is 1.01. The molecule has 0 spiro atoms. The lowest BCUT2D eigenvalue weighted by Crippen LogP contribution is -2.54. The van der Waals surface area contributed by atoms with Crippen LogP contribution in [0.1, 0.15) is 18.9 Å². The lowest BCUT2D eigenvalue weighted by molar-refractivity contribution is -0.137. The zero-order valence-electron chi connectivity index (χ0n) is 18.4. The van der Waals surface area contributed by atoms with E-state index in [0.29, 0.717) is 26.9 Å². The van der Waals surface area contributed by atoms with Gasteiger partial charge in [0.05, 0.1) is 16.2 Å². The van der Waals surface area contributed by atoms with Crippen LogP contribution in [0.15, 0.2) is 54.1 Å². The summed E-state index contributed by atoms with van der Waals surface area (Å²) in [5.74, 6) is -0.134. The molecule has 2 aromatic carbocycles. The summed E-state index contributed by atoms with van der Waals surface area (Å²) in [6.45, 7) is 1.40. The van der Waals surface area contributed by atoms with Crippen molar-refractivity contribution in [3.05, 3.63) is 73.3 Å². The fourth-order valence-corrected chi connectivity index (χ4v) is 4.74. The topological polar surface area (TPSA) is 99.1 Å². The molecule has 1 aliphatic rings. The van der Waals surface area contributed by atoms with Gasteiger partial charge in [-0.25, -0.2) is 0 Å². The molecule has 0 bridgehead atoms. The Morgan fingerprint density at radius 1 is 1.24 bits per heavy atom. The highest BCUT2D eigenvalue weighted by molar-refractivity contribution is 14.1. The van der Waals surface area contributed by atoms with Crippen LogP contribution in [-0.4, -0.2) is 58.3 Å². The Bertz CT molecular complexity index is 1080. The molecule has 0 aliphatic heterocycles. The first kappa shape index (κ1) is 26.7. The molecule has 10 heteroatoms. The number of rotatable bonds is 8. The number of benzene rings is 2. The minimum atomic E-state index is -1.11.